The van der Waals surface area contributed by atoms with E-state index < -0.39 is 7.92 Å². The average molecular weight is 400 g/mol. The molecule has 0 radical (unpaired) electrons. The summed E-state index contributed by atoms with van der Waals surface area (Å²) < 4.78 is 1.36. The highest BCUT2D eigenvalue weighted by Gasteiger charge is 2.29. The van der Waals surface area contributed by atoms with Gasteiger partial charge < -0.3 is 4.90 Å². The van der Waals surface area contributed by atoms with Crippen LogP contribution in [0.3, 0.4) is 0 Å². The Morgan fingerprint density at radius 2 is 1.46 bits per heavy atom. The van der Waals surface area contributed by atoms with Gasteiger partial charge in [-0.15, -0.1) is 0 Å². The van der Waals surface area contributed by atoms with Gasteiger partial charge in [-0.2, -0.15) is 0 Å². The molecule has 3 rings (SSSR count). The van der Waals surface area contributed by atoms with E-state index in [1.165, 1.54) is 20.7 Å². The third-order valence-electron chi connectivity index (χ3n) is 4.22. The second-order valence-electron chi connectivity index (χ2n) is 6.27. The van der Waals surface area contributed by atoms with Crippen LogP contribution < -0.4 is 10.6 Å². The largest absolute Gasteiger partial charge is 0.309 e. The Bertz CT molecular complexity index is 683. The summed E-state index contributed by atoms with van der Waals surface area (Å²) in [6.45, 7) is 1.08. The molecule has 0 fully saturated rings. The second-order valence-corrected chi connectivity index (χ2v) is 9.45. The van der Waals surface area contributed by atoms with Gasteiger partial charge in [-0.3, -0.25) is 0 Å². The monoisotopic (exact) mass is 399 g/mol. The lowest BCUT2D eigenvalue weighted by atomic mass is 10.2. The van der Waals surface area contributed by atoms with Crippen molar-refractivity contribution in [2.24, 2.45) is 0 Å². The van der Waals surface area contributed by atoms with Gasteiger partial charge in [0.2, 0.25) is 0 Å². The molecule has 0 heterocycles. The highest BCUT2D eigenvalue weighted by atomic mass is 79.9. The third kappa shape index (κ3) is 4.06. The van der Waals surface area contributed by atoms with Crippen LogP contribution in [0.15, 0.2) is 82.9 Å². The lowest BCUT2D eigenvalue weighted by molar-refractivity contribution is 0.414. The first-order valence-corrected chi connectivity index (χ1v) is 10.5. The Labute approximate surface area is 155 Å². The molecule has 2 aromatic carbocycles. The van der Waals surface area contributed by atoms with Gasteiger partial charge in [0.15, 0.2) is 0 Å². The van der Waals surface area contributed by atoms with Gasteiger partial charge in [0.25, 0.3) is 0 Å². The van der Waals surface area contributed by atoms with Crippen molar-refractivity contribution in [2.75, 3.05) is 20.6 Å². The van der Waals surface area contributed by atoms with Crippen molar-refractivity contribution in [1.82, 2.24) is 4.90 Å². The van der Waals surface area contributed by atoms with Crippen molar-refractivity contribution < 1.29 is 0 Å². The van der Waals surface area contributed by atoms with E-state index >= 15 is 0 Å². The molecular formula is C21H23BrNP. The van der Waals surface area contributed by atoms with Gasteiger partial charge in [-0.25, -0.2) is 0 Å². The zero-order valence-electron chi connectivity index (χ0n) is 14.2. The van der Waals surface area contributed by atoms with E-state index in [2.05, 4.69) is 108 Å². The summed E-state index contributed by atoms with van der Waals surface area (Å²) in [5.74, 6) is 0. The highest BCUT2D eigenvalue weighted by molar-refractivity contribution is 9.11. The van der Waals surface area contributed by atoms with Crippen LogP contribution in [0.25, 0.3) is 0 Å². The summed E-state index contributed by atoms with van der Waals surface area (Å²) in [5.41, 5.74) is 1.87. The Morgan fingerprint density at radius 1 is 0.917 bits per heavy atom. The minimum absolute atomic E-state index is 0.432. The van der Waals surface area contributed by atoms with Gasteiger partial charge >= 0.3 is 0 Å². The molecule has 0 N–H and O–H groups in total. The maximum atomic E-state index is 3.93. The van der Waals surface area contributed by atoms with Crippen LogP contribution in [0, 0.1) is 0 Å². The Balaban J connectivity index is 1.94. The van der Waals surface area contributed by atoms with Crippen LogP contribution >= 0.6 is 23.9 Å². The number of nitrogens with zero attached hydrogens (tertiary/aromatic N) is 1. The molecular weight excluding hydrogens is 377 g/mol. The molecule has 0 aromatic heterocycles. The molecule has 2 aromatic rings. The highest BCUT2D eigenvalue weighted by Crippen LogP contribution is 2.49. The number of hydrogen-bond acceptors (Lipinski definition) is 1. The minimum Gasteiger partial charge on any atom is -0.309 e. The predicted molar refractivity (Wildman–Crippen MR) is 111 cm³/mol. The fraction of sp³-hybridized carbons (Fsp3) is 0.238. The van der Waals surface area contributed by atoms with Gasteiger partial charge in [-0.1, -0.05) is 88.7 Å². The van der Waals surface area contributed by atoms with Crippen molar-refractivity contribution in [3.63, 3.8) is 0 Å². The number of rotatable bonds is 6. The molecule has 0 spiro atoms. The van der Waals surface area contributed by atoms with Crippen LogP contribution in [-0.2, 0) is 0 Å². The summed E-state index contributed by atoms with van der Waals surface area (Å²) in [5, 5.41) is 2.86. The number of benzene rings is 2. The maximum absolute atomic E-state index is 3.93. The fourth-order valence-corrected chi connectivity index (χ4v) is 6.63. The summed E-state index contributed by atoms with van der Waals surface area (Å²) in [6.07, 6.45) is 5.80. The van der Waals surface area contributed by atoms with Crippen LogP contribution in [0.5, 0.6) is 0 Å². The van der Waals surface area contributed by atoms with Crippen molar-refractivity contribution in [1.29, 1.82) is 0 Å². The lowest BCUT2D eigenvalue weighted by Gasteiger charge is -2.25. The first kappa shape index (κ1) is 17.6. The third-order valence-corrected chi connectivity index (χ3v) is 8.27. The quantitative estimate of drug-likeness (QED) is 0.638. The smallest absolute Gasteiger partial charge is 0.0373 e. The zero-order chi connectivity index (χ0) is 16.9. The molecule has 1 aliphatic carbocycles. The molecule has 0 bridgehead atoms. The van der Waals surface area contributed by atoms with Crippen LogP contribution in [0.1, 0.15) is 6.42 Å². The number of allylic oxidation sites excluding steroid dienone is 3. The average Bonchev–Trinajstić information content (AvgIpc) is 2.96. The molecule has 0 aliphatic heterocycles. The van der Waals surface area contributed by atoms with E-state index in [4.69, 9.17) is 0 Å². The predicted octanol–water partition coefficient (Wildman–Crippen LogP) is 4.66. The second kappa shape index (κ2) is 8.25. The van der Waals surface area contributed by atoms with Crippen molar-refractivity contribution in [3.05, 3.63) is 82.9 Å². The minimum atomic E-state index is -0.449. The summed E-state index contributed by atoms with van der Waals surface area (Å²) in [4.78, 5) is 2.24. The van der Waals surface area contributed by atoms with Gasteiger partial charge in [0, 0.05) is 16.7 Å². The van der Waals surface area contributed by atoms with Gasteiger partial charge in [-0.05, 0) is 44.6 Å². The topological polar surface area (TPSA) is 3.24 Å². The Kier molecular flexibility index (Phi) is 6.05. The van der Waals surface area contributed by atoms with E-state index in [0.29, 0.717) is 5.66 Å². The van der Waals surface area contributed by atoms with Crippen molar-refractivity contribution in [2.45, 2.75) is 12.1 Å². The normalized spacial score (nSPS) is 17.3. The van der Waals surface area contributed by atoms with Crippen LogP contribution in [0.2, 0.25) is 0 Å². The molecule has 1 nitrogen and oxygen atoms in total. The Hall–Kier alpha value is -1.21. The molecule has 124 valence electrons. The van der Waals surface area contributed by atoms with E-state index in [1.807, 2.05) is 0 Å². The number of hydrogen-bond donors (Lipinski definition) is 0. The molecule has 0 amide bonds. The Morgan fingerprint density at radius 3 is 1.96 bits per heavy atom. The molecule has 0 saturated heterocycles. The van der Waals surface area contributed by atoms with E-state index in [9.17, 15) is 0 Å². The first-order chi connectivity index (χ1) is 11.7. The molecule has 1 unspecified atom stereocenters. The van der Waals surface area contributed by atoms with E-state index in [-0.39, 0.29) is 0 Å². The van der Waals surface area contributed by atoms with Gasteiger partial charge in [0.1, 0.15) is 0 Å². The standard InChI is InChI=1S/C21H23BrNP/c1-23(2)16-15-17-13-14-20(21(17)22)24(18-9-5-3-6-10-18)19-11-7-4-8-12-19/h3-14,20H,15-16H2,1-2H3. The van der Waals surface area contributed by atoms with Gasteiger partial charge in [0.05, 0.1) is 0 Å². The molecule has 0 saturated carbocycles. The van der Waals surface area contributed by atoms with Crippen LogP contribution in [0.4, 0.5) is 0 Å². The molecule has 1 atom stereocenters. The fourth-order valence-electron chi connectivity index (χ4n) is 2.96. The first-order valence-electron chi connectivity index (χ1n) is 8.27. The van der Waals surface area contributed by atoms with E-state index in [0.717, 1.165) is 13.0 Å². The van der Waals surface area contributed by atoms with Crippen molar-refractivity contribution in [3.8, 4) is 0 Å². The summed E-state index contributed by atoms with van der Waals surface area (Å²) in [6, 6.07) is 21.9. The zero-order valence-corrected chi connectivity index (χ0v) is 16.7. The van der Waals surface area contributed by atoms with Crippen molar-refractivity contribution >= 4 is 34.5 Å². The number of halogens is 1. The summed E-state index contributed by atoms with van der Waals surface area (Å²) in [7, 11) is 3.81. The summed E-state index contributed by atoms with van der Waals surface area (Å²) >= 11 is 3.93. The van der Waals surface area contributed by atoms with E-state index in [1.54, 1.807) is 0 Å². The SMILES string of the molecule is CN(C)CCC1=C(Br)C(P(c2ccccc2)c2ccccc2)C=C1. The molecule has 24 heavy (non-hydrogen) atoms. The van der Waals surface area contributed by atoms with Crippen LogP contribution in [-0.4, -0.2) is 31.2 Å². The maximum Gasteiger partial charge on any atom is 0.0373 e. The molecule has 1 aliphatic rings. The lowest BCUT2D eigenvalue weighted by Crippen LogP contribution is -2.20. The molecule has 3 heteroatoms.